The zero-order valence-electron chi connectivity index (χ0n) is 12.9. The van der Waals surface area contributed by atoms with E-state index in [0.717, 1.165) is 17.8 Å². The van der Waals surface area contributed by atoms with Gasteiger partial charge in [-0.05, 0) is 6.07 Å². The Balaban J connectivity index is 1.86. The molecule has 0 amide bonds. The van der Waals surface area contributed by atoms with Crippen LogP contribution in [0.4, 0.5) is 18.9 Å². The average molecular weight is 407 g/mol. The molecule has 1 aromatic heterocycles. The Morgan fingerprint density at radius 2 is 2.12 bits per heavy atom. The van der Waals surface area contributed by atoms with Gasteiger partial charge in [-0.3, -0.25) is 10.1 Å². The molecule has 3 rings (SSSR count). The van der Waals surface area contributed by atoms with Crippen LogP contribution < -0.4 is 4.74 Å². The maximum atomic E-state index is 12.7. The van der Waals surface area contributed by atoms with Crippen molar-refractivity contribution in [2.75, 3.05) is 6.79 Å². The van der Waals surface area contributed by atoms with Crippen LogP contribution in [-0.4, -0.2) is 16.7 Å². The van der Waals surface area contributed by atoms with Crippen LogP contribution >= 0.6 is 23.4 Å². The maximum Gasteiger partial charge on any atom is 0.417 e. The van der Waals surface area contributed by atoms with E-state index in [0.29, 0.717) is 23.1 Å². The van der Waals surface area contributed by atoms with Crippen LogP contribution in [-0.2, 0) is 23.3 Å². The summed E-state index contributed by atoms with van der Waals surface area (Å²) in [7, 11) is 0. The van der Waals surface area contributed by atoms with Crippen LogP contribution in [0.1, 0.15) is 16.7 Å². The van der Waals surface area contributed by atoms with Crippen LogP contribution in [0.5, 0.6) is 5.75 Å². The normalized spacial score (nSPS) is 13.8. The van der Waals surface area contributed by atoms with Crippen molar-refractivity contribution < 1.29 is 27.6 Å². The predicted molar refractivity (Wildman–Crippen MR) is 87.2 cm³/mol. The molecule has 2 aromatic rings. The molecular formula is C15H10ClF3N2O4S. The molecule has 0 atom stereocenters. The molecule has 11 heteroatoms. The number of pyridine rings is 1. The van der Waals surface area contributed by atoms with E-state index in [1.165, 1.54) is 12.1 Å². The molecule has 0 saturated heterocycles. The standard InChI is InChI=1S/C15H10ClF3N2O4S/c16-12-3-10(15(17,18)19)4-20-14(12)26-6-9-2-11(21(22)23)1-8-5-24-7-25-13(8)9/h1-4H,5-7H2. The Kier molecular flexibility index (Phi) is 5.26. The van der Waals surface area contributed by atoms with E-state index in [4.69, 9.17) is 21.1 Å². The number of non-ortho nitro benzene ring substituents is 1. The average Bonchev–Trinajstić information content (AvgIpc) is 2.59. The fraction of sp³-hybridized carbons (Fsp3) is 0.267. The molecule has 26 heavy (non-hydrogen) atoms. The number of nitrogens with zero attached hydrogens (tertiary/aromatic N) is 2. The number of thioether (sulfide) groups is 1. The lowest BCUT2D eigenvalue weighted by Gasteiger charge is -2.20. The van der Waals surface area contributed by atoms with Crippen molar-refractivity contribution in [2.24, 2.45) is 0 Å². The smallest absolute Gasteiger partial charge is 0.417 e. The monoisotopic (exact) mass is 406 g/mol. The molecule has 0 spiro atoms. The zero-order valence-corrected chi connectivity index (χ0v) is 14.5. The number of benzene rings is 1. The molecule has 2 heterocycles. The first-order chi connectivity index (χ1) is 12.3. The zero-order chi connectivity index (χ0) is 18.9. The van der Waals surface area contributed by atoms with Gasteiger partial charge in [-0.25, -0.2) is 4.98 Å². The van der Waals surface area contributed by atoms with Gasteiger partial charge in [0.15, 0.2) is 6.79 Å². The second-order valence-electron chi connectivity index (χ2n) is 5.26. The first-order valence-electron chi connectivity index (χ1n) is 7.12. The molecule has 0 unspecified atom stereocenters. The van der Waals surface area contributed by atoms with Gasteiger partial charge in [0.05, 0.1) is 22.1 Å². The van der Waals surface area contributed by atoms with Crippen molar-refractivity contribution in [1.29, 1.82) is 0 Å². The SMILES string of the molecule is O=[N+]([O-])c1cc2c(c(CSc3ncc(C(F)(F)F)cc3Cl)c1)OCOC2. The molecule has 1 aromatic carbocycles. The summed E-state index contributed by atoms with van der Waals surface area (Å²) in [5, 5.41) is 11.1. The van der Waals surface area contributed by atoms with E-state index in [1.54, 1.807) is 0 Å². The van der Waals surface area contributed by atoms with Crippen LogP contribution in [0.15, 0.2) is 29.4 Å². The first kappa shape index (κ1) is 18.7. The van der Waals surface area contributed by atoms with E-state index >= 15 is 0 Å². The van der Waals surface area contributed by atoms with Crippen LogP contribution in [0.2, 0.25) is 5.02 Å². The number of hydrogen-bond acceptors (Lipinski definition) is 6. The minimum atomic E-state index is -4.53. The summed E-state index contributed by atoms with van der Waals surface area (Å²) in [6, 6.07) is 3.52. The van der Waals surface area contributed by atoms with Crippen molar-refractivity contribution >= 4 is 29.1 Å². The second kappa shape index (κ2) is 7.29. The predicted octanol–water partition coefficient (Wildman–Crippen LogP) is 4.82. The molecule has 0 saturated carbocycles. The Hall–Kier alpha value is -2.04. The summed E-state index contributed by atoms with van der Waals surface area (Å²) in [5.74, 6) is 0.652. The molecule has 0 aliphatic carbocycles. The molecule has 1 aliphatic heterocycles. The lowest BCUT2D eigenvalue weighted by atomic mass is 10.1. The van der Waals surface area contributed by atoms with Crippen LogP contribution in [0.3, 0.4) is 0 Å². The Bertz CT molecular complexity index is 864. The van der Waals surface area contributed by atoms with Gasteiger partial charge in [0.2, 0.25) is 0 Å². The summed E-state index contributed by atoms with van der Waals surface area (Å²) in [6.45, 7) is 0.190. The largest absolute Gasteiger partial charge is 0.467 e. The minimum Gasteiger partial charge on any atom is -0.467 e. The summed E-state index contributed by atoms with van der Waals surface area (Å²) in [6.07, 6.45) is -3.84. The highest BCUT2D eigenvalue weighted by Crippen LogP contribution is 2.38. The number of halogens is 4. The van der Waals surface area contributed by atoms with Crippen molar-refractivity contribution in [1.82, 2.24) is 4.98 Å². The number of hydrogen-bond donors (Lipinski definition) is 0. The quantitative estimate of drug-likeness (QED) is 0.411. The number of ether oxygens (including phenoxy) is 2. The second-order valence-corrected chi connectivity index (χ2v) is 6.63. The van der Waals surface area contributed by atoms with Crippen molar-refractivity contribution in [2.45, 2.75) is 23.6 Å². The third-order valence-corrected chi connectivity index (χ3v) is 4.94. The lowest BCUT2D eigenvalue weighted by molar-refractivity contribution is -0.385. The van der Waals surface area contributed by atoms with Crippen LogP contribution in [0.25, 0.3) is 0 Å². The molecule has 1 aliphatic rings. The summed E-state index contributed by atoms with van der Waals surface area (Å²) >= 11 is 6.94. The highest BCUT2D eigenvalue weighted by molar-refractivity contribution is 7.98. The van der Waals surface area contributed by atoms with Gasteiger partial charge in [-0.15, -0.1) is 11.8 Å². The molecule has 6 nitrogen and oxygen atoms in total. The molecule has 138 valence electrons. The Labute approximate surface area is 154 Å². The molecule has 0 N–H and O–H groups in total. The van der Waals surface area contributed by atoms with Crippen molar-refractivity contribution in [3.8, 4) is 5.75 Å². The number of fused-ring (bicyclic) bond motifs is 1. The minimum absolute atomic E-state index is 0.0156. The Morgan fingerprint density at radius 3 is 2.77 bits per heavy atom. The first-order valence-corrected chi connectivity index (χ1v) is 8.48. The summed E-state index contributed by atoms with van der Waals surface area (Å²) in [4.78, 5) is 14.3. The summed E-state index contributed by atoms with van der Waals surface area (Å²) in [5.41, 5.74) is -0.0206. The van der Waals surface area contributed by atoms with Gasteiger partial charge in [-0.1, -0.05) is 11.6 Å². The van der Waals surface area contributed by atoms with Crippen molar-refractivity contribution in [3.63, 3.8) is 0 Å². The van der Waals surface area contributed by atoms with Crippen LogP contribution in [0, 0.1) is 10.1 Å². The lowest BCUT2D eigenvalue weighted by Crippen LogP contribution is -2.13. The topological polar surface area (TPSA) is 74.5 Å². The Morgan fingerprint density at radius 1 is 1.35 bits per heavy atom. The van der Waals surface area contributed by atoms with E-state index in [1.807, 2.05) is 0 Å². The van der Waals surface area contributed by atoms with Gasteiger partial charge in [0, 0.05) is 35.2 Å². The number of alkyl halides is 3. The fourth-order valence-electron chi connectivity index (χ4n) is 2.33. The number of nitro groups is 1. The number of aromatic nitrogens is 1. The highest BCUT2D eigenvalue weighted by Gasteiger charge is 2.31. The molecular weight excluding hydrogens is 397 g/mol. The number of nitro benzene ring substituents is 1. The van der Waals surface area contributed by atoms with Gasteiger partial charge in [-0.2, -0.15) is 13.2 Å². The van der Waals surface area contributed by atoms with E-state index in [2.05, 4.69) is 4.98 Å². The fourth-order valence-corrected chi connectivity index (χ4v) is 3.49. The third-order valence-electron chi connectivity index (χ3n) is 3.48. The van der Waals surface area contributed by atoms with Gasteiger partial charge < -0.3 is 9.47 Å². The van der Waals surface area contributed by atoms with E-state index in [-0.39, 0.29) is 34.9 Å². The van der Waals surface area contributed by atoms with Gasteiger partial charge in [0.25, 0.3) is 5.69 Å². The summed E-state index contributed by atoms with van der Waals surface area (Å²) < 4.78 is 48.5. The third kappa shape index (κ3) is 4.02. The van der Waals surface area contributed by atoms with Gasteiger partial charge in [0.1, 0.15) is 10.8 Å². The van der Waals surface area contributed by atoms with Gasteiger partial charge >= 0.3 is 6.18 Å². The highest BCUT2D eigenvalue weighted by atomic mass is 35.5. The molecule has 0 bridgehead atoms. The maximum absolute atomic E-state index is 12.7. The van der Waals surface area contributed by atoms with E-state index < -0.39 is 16.7 Å². The molecule has 0 radical (unpaired) electrons. The number of rotatable bonds is 4. The van der Waals surface area contributed by atoms with E-state index in [9.17, 15) is 23.3 Å². The molecule has 0 fully saturated rings. The van der Waals surface area contributed by atoms with Crippen molar-refractivity contribution in [3.05, 3.63) is 56.2 Å².